The Kier molecular flexibility index (Phi) is 2.93. The normalized spacial score (nSPS) is 14.5. The lowest BCUT2D eigenvalue weighted by atomic mass is 10.1. The van der Waals surface area contributed by atoms with Crippen LogP contribution in [0.3, 0.4) is 0 Å². The van der Waals surface area contributed by atoms with Gasteiger partial charge < -0.3 is 9.15 Å². The number of hydrogen-bond donors (Lipinski definition) is 0. The van der Waals surface area contributed by atoms with E-state index in [9.17, 15) is 0 Å². The van der Waals surface area contributed by atoms with Gasteiger partial charge in [-0.2, -0.15) is 0 Å². The quantitative estimate of drug-likeness (QED) is 0.718. The smallest absolute Gasteiger partial charge is 0.176 e. The van der Waals surface area contributed by atoms with Gasteiger partial charge in [-0.05, 0) is 44.9 Å². The Labute approximate surface area is 129 Å². The fourth-order valence-electron chi connectivity index (χ4n) is 2.74. The van der Waals surface area contributed by atoms with Crippen LogP contribution >= 0.6 is 0 Å². The Morgan fingerprint density at radius 2 is 2.00 bits per heavy atom. The minimum Gasteiger partial charge on any atom is -0.493 e. The van der Waals surface area contributed by atoms with E-state index >= 15 is 0 Å². The summed E-state index contributed by atoms with van der Waals surface area (Å²) >= 11 is 0. The van der Waals surface area contributed by atoms with Crippen LogP contribution in [0.15, 0.2) is 28.8 Å². The van der Waals surface area contributed by atoms with Gasteiger partial charge >= 0.3 is 0 Å². The number of nitrogens with zero attached hydrogens (tertiary/aromatic N) is 2. The average molecular weight is 294 g/mol. The van der Waals surface area contributed by atoms with Crippen molar-refractivity contribution in [2.45, 2.75) is 32.6 Å². The SMILES string of the molecule is COc1ccc(-c2cnc(C)c(C)n2)c2cc(C3CC3)oc12. The molecule has 2 aromatic heterocycles. The maximum absolute atomic E-state index is 6.06. The summed E-state index contributed by atoms with van der Waals surface area (Å²) < 4.78 is 11.5. The molecule has 0 radical (unpaired) electrons. The maximum Gasteiger partial charge on any atom is 0.176 e. The molecule has 4 rings (SSSR count). The summed E-state index contributed by atoms with van der Waals surface area (Å²) in [5.41, 5.74) is 4.63. The highest BCUT2D eigenvalue weighted by Crippen LogP contribution is 2.45. The zero-order valence-corrected chi connectivity index (χ0v) is 13.0. The van der Waals surface area contributed by atoms with Gasteiger partial charge in [0.1, 0.15) is 5.76 Å². The zero-order chi connectivity index (χ0) is 15.3. The van der Waals surface area contributed by atoms with Crippen molar-refractivity contribution < 1.29 is 9.15 Å². The first-order valence-corrected chi connectivity index (χ1v) is 7.58. The molecule has 3 aromatic rings. The van der Waals surface area contributed by atoms with Crippen molar-refractivity contribution in [2.24, 2.45) is 0 Å². The third-order valence-electron chi connectivity index (χ3n) is 4.33. The van der Waals surface area contributed by atoms with Crippen LogP contribution in [-0.4, -0.2) is 17.1 Å². The molecule has 0 N–H and O–H groups in total. The van der Waals surface area contributed by atoms with Gasteiger partial charge in [0.25, 0.3) is 0 Å². The Balaban J connectivity index is 1.94. The lowest BCUT2D eigenvalue weighted by Crippen LogP contribution is -1.94. The van der Waals surface area contributed by atoms with Crippen LogP contribution in [0.4, 0.5) is 0 Å². The number of methoxy groups -OCH3 is 1. The second-order valence-electron chi connectivity index (χ2n) is 5.91. The van der Waals surface area contributed by atoms with E-state index in [1.807, 2.05) is 32.2 Å². The van der Waals surface area contributed by atoms with Gasteiger partial charge in [0.2, 0.25) is 0 Å². The van der Waals surface area contributed by atoms with E-state index < -0.39 is 0 Å². The molecule has 0 atom stereocenters. The third-order valence-corrected chi connectivity index (χ3v) is 4.33. The van der Waals surface area contributed by atoms with Gasteiger partial charge in [0.05, 0.1) is 30.4 Å². The first-order valence-electron chi connectivity index (χ1n) is 7.58. The van der Waals surface area contributed by atoms with Crippen LogP contribution in [0.25, 0.3) is 22.2 Å². The number of hydrogen-bond acceptors (Lipinski definition) is 4. The molecule has 0 amide bonds. The largest absolute Gasteiger partial charge is 0.493 e. The molecule has 1 saturated carbocycles. The molecule has 1 aliphatic carbocycles. The number of ether oxygens (including phenoxy) is 1. The molecule has 0 aliphatic heterocycles. The predicted octanol–water partition coefficient (Wildman–Crippen LogP) is 4.39. The second kappa shape index (κ2) is 4.83. The molecule has 0 spiro atoms. The van der Waals surface area contributed by atoms with E-state index in [4.69, 9.17) is 9.15 Å². The molecule has 0 bridgehead atoms. The minimum absolute atomic E-state index is 0.566. The van der Waals surface area contributed by atoms with Gasteiger partial charge in [-0.3, -0.25) is 4.98 Å². The number of aromatic nitrogens is 2. The first-order chi connectivity index (χ1) is 10.7. The standard InChI is InChI=1S/C18H18N2O2/c1-10-11(2)20-15(9-19-10)13-6-7-16(21-3)18-14(13)8-17(22-18)12-4-5-12/h6-9,12H,4-5H2,1-3H3. The molecule has 2 heterocycles. The van der Waals surface area contributed by atoms with E-state index in [1.165, 1.54) is 12.8 Å². The van der Waals surface area contributed by atoms with E-state index in [0.717, 1.165) is 45.1 Å². The molecular formula is C18H18N2O2. The van der Waals surface area contributed by atoms with Crippen molar-refractivity contribution in [2.75, 3.05) is 7.11 Å². The van der Waals surface area contributed by atoms with Crippen molar-refractivity contribution >= 4 is 11.0 Å². The highest BCUT2D eigenvalue weighted by molar-refractivity contribution is 5.96. The van der Waals surface area contributed by atoms with Crippen LogP contribution in [0.1, 0.15) is 35.9 Å². The molecule has 4 nitrogen and oxygen atoms in total. The van der Waals surface area contributed by atoms with Crippen molar-refractivity contribution in [3.8, 4) is 17.0 Å². The number of furan rings is 1. The Morgan fingerprint density at radius 1 is 1.18 bits per heavy atom. The van der Waals surface area contributed by atoms with Crippen LogP contribution in [0, 0.1) is 13.8 Å². The van der Waals surface area contributed by atoms with Gasteiger partial charge in [0, 0.05) is 16.9 Å². The van der Waals surface area contributed by atoms with E-state index in [1.54, 1.807) is 7.11 Å². The van der Waals surface area contributed by atoms with Gasteiger partial charge in [-0.1, -0.05) is 0 Å². The van der Waals surface area contributed by atoms with E-state index in [0.29, 0.717) is 5.92 Å². The monoisotopic (exact) mass is 294 g/mol. The fourth-order valence-corrected chi connectivity index (χ4v) is 2.74. The molecule has 0 unspecified atom stereocenters. The summed E-state index contributed by atoms with van der Waals surface area (Å²) in [6.45, 7) is 3.95. The third kappa shape index (κ3) is 2.06. The summed E-state index contributed by atoms with van der Waals surface area (Å²) in [6.07, 6.45) is 4.25. The predicted molar refractivity (Wildman–Crippen MR) is 85.2 cm³/mol. The summed E-state index contributed by atoms with van der Waals surface area (Å²) in [5, 5.41) is 1.05. The lowest BCUT2D eigenvalue weighted by molar-refractivity contribution is 0.407. The molecule has 4 heteroatoms. The van der Waals surface area contributed by atoms with Gasteiger partial charge in [-0.25, -0.2) is 4.98 Å². The van der Waals surface area contributed by atoms with Crippen LogP contribution in [-0.2, 0) is 0 Å². The molecule has 112 valence electrons. The number of benzene rings is 1. The molecule has 22 heavy (non-hydrogen) atoms. The summed E-state index contributed by atoms with van der Waals surface area (Å²) in [5.74, 6) is 2.38. The van der Waals surface area contributed by atoms with Crippen molar-refractivity contribution in [3.05, 3.63) is 41.5 Å². The molecule has 0 saturated heterocycles. The van der Waals surface area contributed by atoms with Crippen LogP contribution in [0.5, 0.6) is 5.75 Å². The van der Waals surface area contributed by atoms with Crippen molar-refractivity contribution in [3.63, 3.8) is 0 Å². The number of aryl methyl sites for hydroxylation is 2. The first kappa shape index (κ1) is 13.3. The van der Waals surface area contributed by atoms with Crippen molar-refractivity contribution in [1.29, 1.82) is 0 Å². The van der Waals surface area contributed by atoms with E-state index in [-0.39, 0.29) is 0 Å². The molecule has 1 fully saturated rings. The maximum atomic E-state index is 6.06. The number of fused-ring (bicyclic) bond motifs is 1. The number of rotatable bonds is 3. The Morgan fingerprint density at radius 3 is 2.68 bits per heavy atom. The molecular weight excluding hydrogens is 276 g/mol. The zero-order valence-electron chi connectivity index (χ0n) is 13.0. The lowest BCUT2D eigenvalue weighted by Gasteiger charge is -2.07. The van der Waals surface area contributed by atoms with Gasteiger partial charge in [0.15, 0.2) is 11.3 Å². The van der Waals surface area contributed by atoms with Crippen LogP contribution in [0.2, 0.25) is 0 Å². The Bertz CT molecular complexity index is 863. The summed E-state index contributed by atoms with van der Waals surface area (Å²) in [7, 11) is 1.67. The highest BCUT2D eigenvalue weighted by Gasteiger charge is 2.28. The van der Waals surface area contributed by atoms with Gasteiger partial charge in [-0.15, -0.1) is 0 Å². The Hall–Kier alpha value is -2.36. The topological polar surface area (TPSA) is 48.2 Å². The fraction of sp³-hybridized carbons (Fsp3) is 0.333. The summed E-state index contributed by atoms with van der Waals surface area (Å²) in [6, 6.07) is 6.11. The highest BCUT2D eigenvalue weighted by atomic mass is 16.5. The van der Waals surface area contributed by atoms with E-state index in [2.05, 4.69) is 16.0 Å². The summed E-state index contributed by atoms with van der Waals surface area (Å²) in [4.78, 5) is 9.11. The second-order valence-corrected chi connectivity index (χ2v) is 5.91. The van der Waals surface area contributed by atoms with Crippen LogP contribution < -0.4 is 4.74 Å². The average Bonchev–Trinajstić information content (AvgIpc) is 3.28. The minimum atomic E-state index is 0.566. The molecule has 1 aromatic carbocycles. The molecule has 1 aliphatic rings. The van der Waals surface area contributed by atoms with Crippen molar-refractivity contribution in [1.82, 2.24) is 9.97 Å².